The number of amides is 2. The zero-order chi connectivity index (χ0) is 35.9. The third kappa shape index (κ3) is 8.30. The van der Waals surface area contributed by atoms with Crippen molar-refractivity contribution in [3.8, 4) is 29.0 Å². The second kappa shape index (κ2) is 15.9. The van der Waals surface area contributed by atoms with Gasteiger partial charge in [-0.1, -0.05) is 30.0 Å². The highest BCUT2D eigenvalue weighted by molar-refractivity contribution is 5.99. The van der Waals surface area contributed by atoms with Gasteiger partial charge in [0.1, 0.15) is 6.04 Å². The molecule has 1 atom stereocenters. The number of nitrogens with one attached hydrogen (secondary N) is 1. The predicted octanol–water partition coefficient (Wildman–Crippen LogP) is 3.36. The highest BCUT2D eigenvalue weighted by Crippen LogP contribution is 2.22. The molecule has 2 fully saturated rings. The van der Waals surface area contributed by atoms with E-state index in [-0.39, 0.29) is 29.9 Å². The smallest absolute Gasteiger partial charge is 0.275 e. The average molecular weight is 699 g/mol. The maximum Gasteiger partial charge on any atom is 0.275 e. The molecule has 2 aliphatic rings. The quantitative estimate of drug-likeness (QED) is 0.131. The van der Waals surface area contributed by atoms with Gasteiger partial charge in [0.2, 0.25) is 5.91 Å². The van der Waals surface area contributed by atoms with Crippen molar-refractivity contribution < 1.29 is 14.3 Å². The molecule has 2 saturated heterocycles. The first-order valence-corrected chi connectivity index (χ1v) is 17.5. The number of carbonyl (C=O) groups is 2. The fourth-order valence-electron chi connectivity index (χ4n) is 6.55. The van der Waals surface area contributed by atoms with Crippen LogP contribution in [0.15, 0.2) is 89.0 Å². The molecule has 264 valence electrons. The van der Waals surface area contributed by atoms with E-state index in [2.05, 4.69) is 42.2 Å². The van der Waals surface area contributed by atoms with Crippen molar-refractivity contribution in [2.75, 3.05) is 26.2 Å². The number of hydrogen-bond acceptors (Lipinski definition) is 10. The molecular weight excluding hydrogens is 660 g/mol. The fraction of sp³-hybridized carbons (Fsp3) is 0.333. The minimum atomic E-state index is -0.788. The van der Waals surface area contributed by atoms with E-state index in [4.69, 9.17) is 4.74 Å². The van der Waals surface area contributed by atoms with Gasteiger partial charge in [-0.3, -0.25) is 24.5 Å². The van der Waals surface area contributed by atoms with Gasteiger partial charge in [-0.2, -0.15) is 10.2 Å². The molecule has 2 amide bonds. The monoisotopic (exact) mass is 698 g/mol. The van der Waals surface area contributed by atoms with Crippen molar-refractivity contribution in [1.82, 2.24) is 39.7 Å². The van der Waals surface area contributed by atoms with Gasteiger partial charge in [0, 0.05) is 41.6 Å². The number of carbonyl (C=O) groups excluding carboxylic acids is 2. The third-order valence-electron chi connectivity index (χ3n) is 9.45. The molecule has 0 aliphatic carbocycles. The fourth-order valence-corrected chi connectivity index (χ4v) is 6.55. The van der Waals surface area contributed by atoms with Crippen LogP contribution in [0.1, 0.15) is 55.7 Å². The number of imide groups is 1. The van der Waals surface area contributed by atoms with Crippen LogP contribution < -0.4 is 21.2 Å². The molecule has 2 aromatic carbocycles. The Kier molecular flexibility index (Phi) is 10.5. The molecule has 1 unspecified atom stereocenters. The van der Waals surface area contributed by atoms with Gasteiger partial charge < -0.3 is 9.64 Å². The van der Waals surface area contributed by atoms with Crippen molar-refractivity contribution in [1.29, 1.82) is 0 Å². The van der Waals surface area contributed by atoms with E-state index in [0.29, 0.717) is 41.4 Å². The van der Waals surface area contributed by atoms with E-state index >= 15 is 0 Å². The number of aromatic nitrogens is 6. The zero-order valence-electron chi connectivity index (χ0n) is 28.6. The molecule has 0 radical (unpaired) electrons. The van der Waals surface area contributed by atoms with Gasteiger partial charge in [-0.05, 0) is 87.1 Å². The number of likely N-dealkylation sites (tertiary alicyclic amines) is 1. The number of nitrogens with zero attached hydrogens (tertiary/aromatic N) is 7. The van der Waals surface area contributed by atoms with Gasteiger partial charge in [0.25, 0.3) is 17.0 Å². The SMILES string of the molecule is O=C1CCC(n2ncc3cc(C#CCCCN4CCC(COc5cnc(-c6cccc(Cn7ncccc7=O)c6)nc5)CC4)ccc3c2=O)C(=O)N1. The normalized spacial score (nSPS) is 16.7. The van der Waals surface area contributed by atoms with Crippen LogP contribution in [-0.2, 0) is 16.1 Å². The molecule has 5 aromatic rings. The van der Waals surface area contributed by atoms with E-state index in [1.54, 1.807) is 36.9 Å². The standard InChI is InChI=1S/C39H38N8O5/c48-35-13-12-34(38(50)44-35)47-39(51)33-11-10-27(20-31(33)22-43-47)6-2-1-3-17-45-18-14-28(15-19-45)26-52-32-23-40-37(41-24-32)30-8-4-7-29(21-30)25-46-36(49)9-5-16-42-46/h4-5,7-11,16,20-24,28,34H,1,3,12-15,17-19,25-26H2,(H,44,48,50). The van der Waals surface area contributed by atoms with Crippen LogP contribution in [0, 0.1) is 17.8 Å². The van der Waals surface area contributed by atoms with Crippen molar-refractivity contribution in [2.45, 2.75) is 51.1 Å². The maximum atomic E-state index is 13.0. The first-order chi connectivity index (χ1) is 25.4. The van der Waals surface area contributed by atoms with Crippen LogP contribution in [0.2, 0.25) is 0 Å². The first kappa shape index (κ1) is 34.4. The Balaban J connectivity index is 0.828. The Morgan fingerprint density at radius 3 is 2.56 bits per heavy atom. The largest absolute Gasteiger partial charge is 0.490 e. The molecule has 0 saturated carbocycles. The summed E-state index contributed by atoms with van der Waals surface area (Å²) in [5.74, 6) is 7.33. The van der Waals surface area contributed by atoms with Crippen LogP contribution in [0.4, 0.5) is 0 Å². The van der Waals surface area contributed by atoms with Gasteiger partial charge >= 0.3 is 0 Å². The Bertz CT molecular complexity index is 2270. The molecule has 7 rings (SSSR count). The lowest BCUT2D eigenvalue weighted by Gasteiger charge is -2.31. The molecule has 13 heteroatoms. The third-order valence-corrected chi connectivity index (χ3v) is 9.45. The molecule has 5 heterocycles. The average Bonchev–Trinajstić information content (AvgIpc) is 3.16. The number of ether oxygens (including phenoxy) is 1. The van der Waals surface area contributed by atoms with Crippen LogP contribution >= 0.6 is 0 Å². The molecule has 52 heavy (non-hydrogen) atoms. The van der Waals surface area contributed by atoms with Crippen LogP contribution in [0.25, 0.3) is 22.2 Å². The van der Waals surface area contributed by atoms with E-state index in [1.807, 2.05) is 36.4 Å². The summed E-state index contributed by atoms with van der Waals surface area (Å²) < 4.78 is 8.64. The Morgan fingerprint density at radius 1 is 0.904 bits per heavy atom. The van der Waals surface area contributed by atoms with E-state index in [9.17, 15) is 19.2 Å². The molecular formula is C39H38N8O5. The summed E-state index contributed by atoms with van der Waals surface area (Å²) in [7, 11) is 0. The van der Waals surface area contributed by atoms with E-state index in [0.717, 1.165) is 62.0 Å². The van der Waals surface area contributed by atoms with Crippen molar-refractivity contribution >= 4 is 22.6 Å². The van der Waals surface area contributed by atoms with E-state index in [1.165, 1.54) is 15.4 Å². The number of rotatable bonds is 10. The Labute approximate surface area is 299 Å². The molecule has 0 bridgehead atoms. The van der Waals surface area contributed by atoms with Gasteiger partial charge in [0.05, 0.1) is 37.1 Å². The Morgan fingerprint density at radius 2 is 1.75 bits per heavy atom. The summed E-state index contributed by atoms with van der Waals surface area (Å²) >= 11 is 0. The molecule has 1 N–H and O–H groups in total. The topological polar surface area (TPSA) is 154 Å². The summed E-state index contributed by atoms with van der Waals surface area (Å²) in [5, 5.41) is 11.8. The van der Waals surface area contributed by atoms with Crippen molar-refractivity contribution in [2.24, 2.45) is 5.92 Å². The van der Waals surface area contributed by atoms with Crippen molar-refractivity contribution in [3.63, 3.8) is 0 Å². The van der Waals surface area contributed by atoms with Gasteiger partial charge in [-0.25, -0.2) is 19.3 Å². The number of fused-ring (bicyclic) bond motifs is 1. The summed E-state index contributed by atoms with van der Waals surface area (Å²) in [6.45, 7) is 4.02. The second-order valence-electron chi connectivity index (χ2n) is 13.1. The van der Waals surface area contributed by atoms with Crippen LogP contribution in [0.3, 0.4) is 0 Å². The number of unbranched alkanes of at least 4 members (excludes halogenated alkanes) is 1. The Hall–Kier alpha value is -6.00. The summed E-state index contributed by atoms with van der Waals surface area (Å²) in [5.41, 5.74) is 2.09. The van der Waals surface area contributed by atoms with Gasteiger partial charge in [-0.15, -0.1) is 0 Å². The number of hydrogen-bond donors (Lipinski definition) is 1. The summed E-state index contributed by atoms with van der Waals surface area (Å²) in [4.78, 5) is 60.3. The van der Waals surface area contributed by atoms with Crippen LogP contribution in [-0.4, -0.2) is 72.5 Å². The minimum Gasteiger partial charge on any atom is -0.490 e. The molecule has 3 aromatic heterocycles. The first-order valence-electron chi connectivity index (χ1n) is 17.5. The zero-order valence-corrected chi connectivity index (χ0v) is 28.6. The predicted molar refractivity (Wildman–Crippen MR) is 193 cm³/mol. The summed E-state index contributed by atoms with van der Waals surface area (Å²) in [6.07, 6.45) is 10.9. The number of piperidine rings is 2. The maximum absolute atomic E-state index is 13.0. The van der Waals surface area contributed by atoms with Crippen molar-refractivity contribution in [3.05, 3.63) is 111 Å². The molecule has 0 spiro atoms. The van der Waals surface area contributed by atoms with Crippen LogP contribution in [0.5, 0.6) is 5.75 Å². The lowest BCUT2D eigenvalue weighted by Crippen LogP contribution is -2.45. The lowest BCUT2D eigenvalue weighted by atomic mass is 9.97. The molecule has 13 nitrogen and oxygen atoms in total. The molecule has 2 aliphatic heterocycles. The van der Waals surface area contributed by atoms with Gasteiger partial charge in [0.15, 0.2) is 11.6 Å². The summed E-state index contributed by atoms with van der Waals surface area (Å²) in [6, 6.07) is 15.5. The highest BCUT2D eigenvalue weighted by atomic mass is 16.5. The van der Waals surface area contributed by atoms with E-state index < -0.39 is 11.9 Å². The second-order valence-corrected chi connectivity index (χ2v) is 13.1. The number of benzene rings is 2. The highest BCUT2D eigenvalue weighted by Gasteiger charge is 2.30. The minimum absolute atomic E-state index is 0.149. The lowest BCUT2D eigenvalue weighted by molar-refractivity contribution is -0.136.